The maximum absolute atomic E-state index is 6.59. The molecule has 56 heavy (non-hydrogen) atoms. The smallest absolute Gasteiger partial charge is 0.192 e. The zero-order valence-corrected chi connectivity index (χ0v) is 34.2. The summed E-state index contributed by atoms with van der Waals surface area (Å²) in [5.41, 5.74) is 10.4. The van der Waals surface area contributed by atoms with Gasteiger partial charge in [0.1, 0.15) is 0 Å². The van der Waals surface area contributed by atoms with E-state index in [4.69, 9.17) is 9.72 Å². The number of ether oxygens (including phenoxy) is 1. The molecule has 0 spiro atoms. The zero-order chi connectivity index (χ0) is 36.9. The van der Waals surface area contributed by atoms with E-state index >= 15 is 0 Å². The molecule has 0 saturated heterocycles. The van der Waals surface area contributed by atoms with Gasteiger partial charge in [-0.1, -0.05) is 116 Å². The van der Waals surface area contributed by atoms with Gasteiger partial charge in [0.15, 0.2) is 5.13 Å². The van der Waals surface area contributed by atoms with Crippen molar-refractivity contribution in [2.75, 3.05) is 9.80 Å². The van der Waals surface area contributed by atoms with Gasteiger partial charge < -0.3 is 19.1 Å². The van der Waals surface area contributed by atoms with Crippen molar-refractivity contribution in [1.82, 2.24) is 9.55 Å². The molecule has 1 aliphatic heterocycles. The van der Waals surface area contributed by atoms with E-state index in [-0.39, 0.29) is 27.0 Å². The summed E-state index contributed by atoms with van der Waals surface area (Å²) in [6.07, 6.45) is 16.6. The van der Waals surface area contributed by atoms with Crippen LogP contribution in [0.3, 0.4) is 0 Å². The van der Waals surface area contributed by atoms with Crippen LogP contribution in [-0.2, 0) is 21.1 Å². The standard InChI is InChI=1S/C49H39N4OS.Pt/c1-33(2)47-31-50-49(55-47)53-43-24-10-9-21-41(43)42-28-27-38(30-46(42)53)54-37-20-13-19-36(29-37)51-32-52(45-26-12-11-25-44(45)51)48-39(34-15-5-3-6-16-34)22-14-23-40(48)35-17-7-4-8-18-35;/h3-7,9-17,19-22,24-28,31-33,40H,8,18,23H2,1-2H3;/q-3;/t40-;/m1./s1. The van der Waals surface area contributed by atoms with E-state index in [1.54, 1.807) is 11.3 Å². The van der Waals surface area contributed by atoms with Gasteiger partial charge >= 0.3 is 0 Å². The van der Waals surface area contributed by atoms with Gasteiger partial charge in [0.05, 0.1) is 0 Å². The maximum Gasteiger partial charge on any atom is 0.192 e. The van der Waals surface area contributed by atoms with E-state index in [0.29, 0.717) is 17.4 Å². The maximum atomic E-state index is 6.59. The number of anilines is 3. The van der Waals surface area contributed by atoms with Crippen molar-refractivity contribution in [3.63, 3.8) is 0 Å². The third-order valence-electron chi connectivity index (χ3n) is 10.8. The number of aromatic nitrogens is 2. The van der Waals surface area contributed by atoms with Crippen molar-refractivity contribution < 1.29 is 25.8 Å². The number of fused-ring (bicyclic) bond motifs is 4. The topological polar surface area (TPSA) is 33.5 Å². The molecule has 7 heteroatoms. The predicted molar refractivity (Wildman–Crippen MR) is 227 cm³/mol. The van der Waals surface area contributed by atoms with Gasteiger partial charge in [-0.2, -0.15) is 12.1 Å². The SMILES string of the molecule is CC(C)c1cnc(-n2c3[c-]c(Oc4[c-]c(N5[CH-]N(C6=C(c7ccccc7)C=CC[C@@H]6C6=CC=CCC6)c6ccccc65)ccc4)ccc3c3ccccc32)s1.[Pt]. The molecule has 0 unspecified atom stereocenters. The monoisotopic (exact) mass is 926 g/mol. The van der Waals surface area contributed by atoms with Crippen LogP contribution >= 0.6 is 11.3 Å². The van der Waals surface area contributed by atoms with Gasteiger partial charge in [-0.25, -0.2) is 4.98 Å². The summed E-state index contributed by atoms with van der Waals surface area (Å²) in [5, 5.41) is 3.22. The molecule has 1 atom stereocenters. The van der Waals surface area contributed by atoms with Gasteiger partial charge in [0.25, 0.3) is 0 Å². The van der Waals surface area contributed by atoms with Crippen molar-refractivity contribution >= 4 is 55.8 Å². The number of para-hydroxylation sites is 3. The quantitative estimate of drug-likeness (QED) is 0.142. The molecule has 5 nitrogen and oxygen atoms in total. The van der Waals surface area contributed by atoms with Gasteiger partial charge in [-0.05, 0) is 59.9 Å². The van der Waals surface area contributed by atoms with Crippen molar-refractivity contribution in [2.45, 2.75) is 39.0 Å². The predicted octanol–water partition coefficient (Wildman–Crippen LogP) is 13.1. The van der Waals surface area contributed by atoms with Gasteiger partial charge in [0, 0.05) is 72.1 Å². The first-order valence-electron chi connectivity index (χ1n) is 19.1. The van der Waals surface area contributed by atoms with Gasteiger partial charge in [-0.3, -0.25) is 0 Å². The van der Waals surface area contributed by atoms with Gasteiger partial charge in [-0.15, -0.1) is 59.4 Å². The number of hydrogen-bond acceptors (Lipinski definition) is 5. The summed E-state index contributed by atoms with van der Waals surface area (Å²) in [5.74, 6) is 1.92. The minimum atomic E-state index is 0. The van der Waals surface area contributed by atoms with Crippen LogP contribution in [-0.4, -0.2) is 9.55 Å². The summed E-state index contributed by atoms with van der Waals surface area (Å²) >= 11 is 1.72. The molecule has 10 rings (SSSR count). The van der Waals surface area contributed by atoms with Crippen LogP contribution in [0.25, 0.3) is 32.5 Å². The first kappa shape index (κ1) is 36.2. The fourth-order valence-corrected chi connectivity index (χ4v) is 9.07. The Morgan fingerprint density at radius 3 is 2.39 bits per heavy atom. The number of thiazole rings is 1. The summed E-state index contributed by atoms with van der Waals surface area (Å²) < 4.78 is 8.80. The molecule has 2 aliphatic carbocycles. The molecule has 0 amide bonds. The average molecular weight is 927 g/mol. The summed E-state index contributed by atoms with van der Waals surface area (Å²) in [6.45, 7) is 6.65. The normalized spacial score (nSPS) is 16.5. The van der Waals surface area contributed by atoms with E-state index < -0.39 is 0 Å². The van der Waals surface area contributed by atoms with Crippen molar-refractivity contribution in [3.8, 4) is 16.6 Å². The van der Waals surface area contributed by atoms with Crippen molar-refractivity contribution in [3.05, 3.63) is 186 Å². The summed E-state index contributed by atoms with van der Waals surface area (Å²) in [6, 6.07) is 45.4. The Morgan fingerprint density at radius 1 is 0.804 bits per heavy atom. The minimum absolute atomic E-state index is 0. The first-order valence-corrected chi connectivity index (χ1v) is 19.9. The second kappa shape index (κ2) is 15.3. The largest absolute Gasteiger partial charge is 0.509 e. The Balaban J connectivity index is 0.00000410. The van der Waals surface area contributed by atoms with Crippen molar-refractivity contribution in [1.29, 1.82) is 0 Å². The molecule has 0 N–H and O–H groups in total. The number of nitrogens with zero attached hydrogens (tertiary/aromatic N) is 4. The van der Waals surface area contributed by atoms with Crippen LogP contribution in [0.5, 0.6) is 11.5 Å². The number of allylic oxidation sites excluding steroid dienone is 7. The average Bonchev–Trinajstić information content (AvgIpc) is 3.96. The molecular weight excluding hydrogens is 888 g/mol. The molecule has 3 heterocycles. The fraction of sp³-hybridized carbons (Fsp3) is 0.143. The zero-order valence-electron chi connectivity index (χ0n) is 31.1. The molecule has 0 fully saturated rings. The van der Waals surface area contributed by atoms with Gasteiger partial charge in [0.2, 0.25) is 0 Å². The second-order valence-corrected chi connectivity index (χ2v) is 15.6. The molecule has 280 valence electrons. The number of hydrogen-bond donors (Lipinski definition) is 0. The molecule has 3 aliphatic rings. The molecule has 7 aromatic rings. The molecule has 2 aromatic heterocycles. The Morgan fingerprint density at radius 2 is 1.59 bits per heavy atom. The van der Waals surface area contributed by atoms with Crippen molar-refractivity contribution in [2.24, 2.45) is 5.92 Å². The molecule has 0 radical (unpaired) electrons. The first-order chi connectivity index (χ1) is 27.1. The minimum Gasteiger partial charge on any atom is -0.509 e. The third kappa shape index (κ3) is 6.45. The molecule has 5 aromatic carbocycles. The van der Waals surface area contributed by atoms with Crippen LogP contribution in [0.4, 0.5) is 17.1 Å². The van der Waals surface area contributed by atoms with Crippen LogP contribution in [0.15, 0.2) is 157 Å². The van der Waals surface area contributed by atoms with E-state index in [1.807, 2.05) is 24.4 Å². The molecular formula is C49H39N4OPtS-3. The Bertz CT molecular complexity index is 2700. The second-order valence-electron chi connectivity index (χ2n) is 14.5. The van der Waals surface area contributed by atoms with E-state index in [9.17, 15) is 0 Å². The Hall–Kier alpha value is -5.42. The summed E-state index contributed by atoms with van der Waals surface area (Å²) in [4.78, 5) is 10.8. The van der Waals surface area contributed by atoms with E-state index in [1.165, 1.54) is 32.7 Å². The molecule has 0 saturated carbocycles. The molecule has 0 bridgehead atoms. The van der Waals surface area contributed by atoms with Crippen LogP contribution in [0.2, 0.25) is 0 Å². The van der Waals surface area contributed by atoms with E-state index in [0.717, 1.165) is 57.9 Å². The fourth-order valence-electron chi connectivity index (χ4n) is 8.13. The number of benzene rings is 5. The summed E-state index contributed by atoms with van der Waals surface area (Å²) in [7, 11) is 0. The van der Waals surface area contributed by atoms with E-state index in [2.05, 4.69) is 168 Å². The van der Waals surface area contributed by atoms with Crippen LogP contribution in [0, 0.1) is 24.7 Å². The Kier molecular flexibility index (Phi) is 9.87. The van der Waals surface area contributed by atoms with Crippen LogP contribution in [0.1, 0.15) is 49.5 Å². The Labute approximate surface area is 346 Å². The number of rotatable bonds is 8. The van der Waals surface area contributed by atoms with Crippen LogP contribution < -0.4 is 14.5 Å². The third-order valence-corrected chi connectivity index (χ3v) is 12.1.